The lowest BCUT2D eigenvalue weighted by Gasteiger charge is -2.24. The van der Waals surface area contributed by atoms with E-state index in [1.807, 2.05) is 0 Å². The standard InChI is InChI=1S/C18H20Cl2O6S2/c1-7-9(3)15(19)11(5)17(27(21,22)23)13(7)14-8(2)10(4)16(20)12(6)18(14)28(24,25)26/h1-6H3,(H,21,22,23)(H,24,25,26). The second-order valence-corrected chi connectivity index (χ2v) is 10.2. The molecule has 0 heterocycles. The second kappa shape index (κ2) is 7.27. The monoisotopic (exact) mass is 466 g/mol. The van der Waals surface area contributed by atoms with Gasteiger partial charge in [-0.25, -0.2) is 0 Å². The first-order valence-corrected chi connectivity index (χ1v) is 11.7. The smallest absolute Gasteiger partial charge is 0.282 e. The first-order chi connectivity index (χ1) is 12.5. The number of benzene rings is 2. The van der Waals surface area contributed by atoms with E-state index in [9.17, 15) is 25.9 Å². The van der Waals surface area contributed by atoms with Crippen molar-refractivity contribution < 1.29 is 25.9 Å². The van der Waals surface area contributed by atoms with Crippen LogP contribution in [-0.4, -0.2) is 25.9 Å². The first-order valence-electron chi connectivity index (χ1n) is 8.07. The molecule has 2 aromatic carbocycles. The molecular formula is C18H20Cl2O6S2. The fraction of sp³-hybridized carbons (Fsp3) is 0.333. The van der Waals surface area contributed by atoms with Crippen LogP contribution >= 0.6 is 23.2 Å². The fourth-order valence-corrected chi connectivity index (χ4v) is 6.02. The van der Waals surface area contributed by atoms with Gasteiger partial charge in [-0.1, -0.05) is 23.2 Å². The molecule has 6 nitrogen and oxygen atoms in total. The van der Waals surface area contributed by atoms with Crippen molar-refractivity contribution in [3.8, 4) is 11.1 Å². The van der Waals surface area contributed by atoms with Crippen LogP contribution in [0.5, 0.6) is 0 Å². The summed E-state index contributed by atoms with van der Waals surface area (Å²) in [4.78, 5) is -1.01. The lowest BCUT2D eigenvalue weighted by molar-refractivity contribution is 0.479. The van der Waals surface area contributed by atoms with E-state index in [0.29, 0.717) is 22.3 Å². The summed E-state index contributed by atoms with van der Waals surface area (Å²) >= 11 is 12.5. The zero-order valence-corrected chi connectivity index (χ0v) is 19.2. The summed E-state index contributed by atoms with van der Waals surface area (Å²) in [6.07, 6.45) is 0. The molecule has 0 unspecified atom stereocenters. The fourth-order valence-electron chi connectivity index (χ4n) is 3.43. The van der Waals surface area contributed by atoms with E-state index in [4.69, 9.17) is 23.2 Å². The molecule has 0 atom stereocenters. The summed E-state index contributed by atoms with van der Waals surface area (Å²) < 4.78 is 68.7. The van der Waals surface area contributed by atoms with Gasteiger partial charge in [-0.3, -0.25) is 9.11 Å². The third-order valence-electron chi connectivity index (χ3n) is 5.09. The summed E-state index contributed by atoms with van der Waals surface area (Å²) in [5, 5.41) is 0.282. The van der Waals surface area contributed by atoms with Crippen LogP contribution in [0.4, 0.5) is 0 Å². The Morgan fingerprint density at radius 1 is 0.536 bits per heavy atom. The highest BCUT2D eigenvalue weighted by Crippen LogP contribution is 2.46. The van der Waals surface area contributed by atoms with E-state index in [1.54, 1.807) is 27.7 Å². The minimum atomic E-state index is -4.78. The Bertz CT molecular complexity index is 1130. The largest absolute Gasteiger partial charge is 0.295 e. The molecular weight excluding hydrogens is 447 g/mol. The third kappa shape index (κ3) is 3.58. The Labute approximate surface area is 175 Å². The SMILES string of the molecule is Cc1c(C)c(-c2c(C)c(C)c(Cl)c(C)c2S(=O)(=O)O)c(S(=O)(=O)O)c(C)c1Cl. The van der Waals surface area contributed by atoms with Gasteiger partial charge in [0.2, 0.25) is 0 Å². The average molecular weight is 467 g/mol. The lowest BCUT2D eigenvalue weighted by Crippen LogP contribution is -2.13. The van der Waals surface area contributed by atoms with Gasteiger partial charge in [0.25, 0.3) is 20.2 Å². The minimum Gasteiger partial charge on any atom is -0.282 e. The van der Waals surface area contributed by atoms with Crippen LogP contribution in [0.2, 0.25) is 10.0 Å². The molecule has 2 aromatic rings. The lowest BCUT2D eigenvalue weighted by atomic mass is 9.89. The summed E-state index contributed by atoms with van der Waals surface area (Å²) in [7, 11) is -9.57. The van der Waals surface area contributed by atoms with Crippen molar-refractivity contribution in [1.82, 2.24) is 0 Å². The topological polar surface area (TPSA) is 109 Å². The molecule has 0 aliphatic rings. The molecule has 154 valence electrons. The van der Waals surface area contributed by atoms with Crippen molar-refractivity contribution in [1.29, 1.82) is 0 Å². The van der Waals surface area contributed by atoms with E-state index in [0.717, 1.165) is 0 Å². The molecule has 0 aliphatic heterocycles. The Morgan fingerprint density at radius 3 is 1.00 bits per heavy atom. The molecule has 0 saturated carbocycles. The number of rotatable bonds is 3. The van der Waals surface area contributed by atoms with Gasteiger partial charge in [-0.15, -0.1) is 0 Å². The molecule has 0 spiro atoms. The van der Waals surface area contributed by atoms with Crippen LogP contribution < -0.4 is 0 Å². The average Bonchev–Trinajstić information content (AvgIpc) is 2.55. The summed E-state index contributed by atoms with van der Waals surface area (Å²) in [6.45, 7) is 9.27. The van der Waals surface area contributed by atoms with Gasteiger partial charge in [-0.2, -0.15) is 16.8 Å². The Kier molecular flexibility index (Phi) is 6.00. The quantitative estimate of drug-likeness (QED) is 0.615. The van der Waals surface area contributed by atoms with Crippen molar-refractivity contribution in [3.05, 3.63) is 43.4 Å². The van der Waals surface area contributed by atoms with Crippen molar-refractivity contribution in [2.24, 2.45) is 0 Å². The molecule has 0 bridgehead atoms. The van der Waals surface area contributed by atoms with Gasteiger partial charge >= 0.3 is 0 Å². The van der Waals surface area contributed by atoms with E-state index < -0.39 is 30.0 Å². The van der Waals surface area contributed by atoms with Crippen molar-refractivity contribution in [2.75, 3.05) is 0 Å². The van der Waals surface area contributed by atoms with Crippen LogP contribution in [0.25, 0.3) is 11.1 Å². The van der Waals surface area contributed by atoms with Crippen LogP contribution in [0.1, 0.15) is 33.4 Å². The van der Waals surface area contributed by atoms with E-state index in [-0.39, 0.29) is 32.3 Å². The van der Waals surface area contributed by atoms with Crippen LogP contribution in [0, 0.1) is 41.5 Å². The number of hydrogen-bond acceptors (Lipinski definition) is 4. The Morgan fingerprint density at radius 2 is 0.786 bits per heavy atom. The Balaban J connectivity index is 3.38. The van der Waals surface area contributed by atoms with Crippen LogP contribution in [0.15, 0.2) is 9.79 Å². The molecule has 0 aliphatic carbocycles. The zero-order chi connectivity index (χ0) is 21.9. The molecule has 10 heteroatoms. The molecule has 0 amide bonds. The molecule has 2 rings (SSSR count). The van der Waals surface area contributed by atoms with Crippen molar-refractivity contribution in [3.63, 3.8) is 0 Å². The summed E-state index contributed by atoms with van der Waals surface area (Å²) in [5.41, 5.74) is 1.85. The predicted molar refractivity (Wildman–Crippen MR) is 110 cm³/mol. The van der Waals surface area contributed by atoms with E-state index in [1.165, 1.54) is 13.8 Å². The highest BCUT2D eigenvalue weighted by Gasteiger charge is 2.32. The minimum absolute atomic E-state index is 0.0325. The molecule has 0 aromatic heterocycles. The maximum absolute atomic E-state index is 12.2. The van der Waals surface area contributed by atoms with Gasteiger partial charge in [0, 0.05) is 21.2 Å². The van der Waals surface area contributed by atoms with Gasteiger partial charge in [0.05, 0.1) is 0 Å². The third-order valence-corrected chi connectivity index (χ3v) is 8.28. The number of halogens is 2. The highest BCUT2D eigenvalue weighted by molar-refractivity contribution is 7.86. The molecule has 0 saturated heterocycles. The summed E-state index contributed by atoms with van der Waals surface area (Å²) in [5.74, 6) is 0. The molecule has 0 radical (unpaired) electrons. The van der Waals surface area contributed by atoms with Gasteiger partial charge in [0.15, 0.2) is 0 Å². The maximum atomic E-state index is 12.2. The predicted octanol–water partition coefficient (Wildman–Crippen LogP) is 5.00. The van der Waals surface area contributed by atoms with E-state index in [2.05, 4.69) is 0 Å². The van der Waals surface area contributed by atoms with Crippen LogP contribution in [0.3, 0.4) is 0 Å². The Hall–Kier alpha value is -1.16. The van der Waals surface area contributed by atoms with Crippen LogP contribution in [-0.2, 0) is 20.2 Å². The zero-order valence-electron chi connectivity index (χ0n) is 16.1. The van der Waals surface area contributed by atoms with Gasteiger partial charge in [-0.05, 0) is 74.9 Å². The van der Waals surface area contributed by atoms with Gasteiger partial charge < -0.3 is 0 Å². The van der Waals surface area contributed by atoms with Crippen molar-refractivity contribution in [2.45, 2.75) is 51.3 Å². The normalized spacial score (nSPS) is 12.5. The maximum Gasteiger partial charge on any atom is 0.295 e. The molecule has 28 heavy (non-hydrogen) atoms. The molecule has 0 fully saturated rings. The highest BCUT2D eigenvalue weighted by atomic mass is 35.5. The van der Waals surface area contributed by atoms with E-state index >= 15 is 0 Å². The first kappa shape index (κ1) is 23.1. The van der Waals surface area contributed by atoms with Gasteiger partial charge in [0.1, 0.15) is 9.79 Å². The summed E-state index contributed by atoms with van der Waals surface area (Å²) in [6, 6.07) is 0. The van der Waals surface area contributed by atoms with Crippen molar-refractivity contribution >= 4 is 43.4 Å². The molecule has 2 N–H and O–H groups in total. The second-order valence-electron chi connectivity index (χ2n) is 6.74. The number of hydrogen-bond donors (Lipinski definition) is 2.